The summed E-state index contributed by atoms with van der Waals surface area (Å²) < 4.78 is 37.9. The molecule has 11 heteroatoms. The number of sulfonamides is 1. The fraction of sp³-hybridized carbons (Fsp3) is 0.609. The van der Waals surface area contributed by atoms with E-state index in [-0.39, 0.29) is 29.5 Å². The molecule has 1 saturated heterocycles. The highest BCUT2D eigenvalue weighted by molar-refractivity contribution is 7.89. The van der Waals surface area contributed by atoms with Crippen molar-refractivity contribution in [2.75, 3.05) is 38.2 Å². The van der Waals surface area contributed by atoms with Crippen LogP contribution in [-0.2, 0) is 29.1 Å². The third-order valence-corrected chi connectivity index (χ3v) is 7.03. The molecule has 34 heavy (non-hydrogen) atoms. The molecule has 1 heterocycles. The van der Waals surface area contributed by atoms with Crippen molar-refractivity contribution in [2.24, 2.45) is 5.41 Å². The Morgan fingerprint density at radius 1 is 1.09 bits per heavy atom. The zero-order valence-corrected chi connectivity index (χ0v) is 21.1. The molecule has 0 aliphatic carbocycles. The second-order valence-electron chi connectivity index (χ2n) is 9.02. The van der Waals surface area contributed by atoms with Gasteiger partial charge in [-0.15, -0.1) is 0 Å². The van der Waals surface area contributed by atoms with Crippen LogP contribution >= 0.6 is 0 Å². The molecule has 2 N–H and O–H groups in total. The minimum Gasteiger partial charge on any atom is -0.492 e. The van der Waals surface area contributed by atoms with E-state index in [4.69, 9.17) is 9.47 Å². The molecule has 2 amide bonds. The lowest BCUT2D eigenvalue weighted by Crippen LogP contribution is -2.36. The highest BCUT2D eigenvalue weighted by atomic mass is 32.2. The van der Waals surface area contributed by atoms with Gasteiger partial charge in [-0.2, -0.15) is 4.31 Å². The summed E-state index contributed by atoms with van der Waals surface area (Å²) in [6.45, 7) is 7.83. The largest absolute Gasteiger partial charge is 0.492 e. The first kappa shape index (κ1) is 27.6. The summed E-state index contributed by atoms with van der Waals surface area (Å²) in [6.07, 6.45) is 2.54. The predicted molar refractivity (Wildman–Crippen MR) is 127 cm³/mol. The van der Waals surface area contributed by atoms with Crippen molar-refractivity contribution in [1.82, 2.24) is 9.62 Å². The normalized spacial score (nSPS) is 14.8. The Balaban J connectivity index is 1.98. The van der Waals surface area contributed by atoms with Crippen molar-refractivity contribution in [3.05, 3.63) is 18.2 Å². The van der Waals surface area contributed by atoms with E-state index in [0.29, 0.717) is 25.4 Å². The van der Waals surface area contributed by atoms with Crippen LogP contribution in [-0.4, -0.2) is 63.4 Å². The van der Waals surface area contributed by atoms with Crippen molar-refractivity contribution in [2.45, 2.75) is 58.3 Å². The molecule has 1 fully saturated rings. The number of hydrogen-bond donors (Lipinski definition) is 2. The van der Waals surface area contributed by atoms with Gasteiger partial charge in [-0.25, -0.2) is 8.42 Å². The Kier molecular flexibility index (Phi) is 9.87. The summed E-state index contributed by atoms with van der Waals surface area (Å²) in [7, 11) is -3.70. The van der Waals surface area contributed by atoms with E-state index in [1.165, 1.54) is 22.5 Å². The summed E-state index contributed by atoms with van der Waals surface area (Å²) >= 11 is 0. The highest BCUT2D eigenvalue weighted by Gasteiger charge is 2.27. The van der Waals surface area contributed by atoms with Gasteiger partial charge in [0.2, 0.25) is 15.9 Å². The first-order valence-corrected chi connectivity index (χ1v) is 12.9. The molecule has 2 rings (SSSR count). The highest BCUT2D eigenvalue weighted by Crippen LogP contribution is 2.30. The number of piperidine rings is 1. The van der Waals surface area contributed by atoms with Gasteiger partial charge in [-0.3, -0.25) is 14.4 Å². The summed E-state index contributed by atoms with van der Waals surface area (Å²) in [5.41, 5.74) is -0.392. The molecular weight excluding hydrogens is 462 g/mol. The molecule has 1 aliphatic rings. The van der Waals surface area contributed by atoms with Gasteiger partial charge in [-0.05, 0) is 38.0 Å². The number of amides is 2. The lowest BCUT2D eigenvalue weighted by molar-refractivity contribution is -0.147. The van der Waals surface area contributed by atoms with Crippen molar-refractivity contribution in [3.8, 4) is 5.75 Å². The Morgan fingerprint density at radius 3 is 2.38 bits per heavy atom. The topological polar surface area (TPSA) is 131 Å². The Labute approximate surface area is 201 Å². The van der Waals surface area contributed by atoms with Crippen LogP contribution in [0.2, 0.25) is 0 Å². The van der Waals surface area contributed by atoms with Crippen molar-refractivity contribution in [1.29, 1.82) is 0 Å². The molecule has 1 aromatic carbocycles. The number of rotatable bonds is 10. The molecule has 0 spiro atoms. The summed E-state index contributed by atoms with van der Waals surface area (Å²) in [5, 5.41) is 5.20. The molecule has 1 aromatic rings. The number of hydrogen-bond acceptors (Lipinski definition) is 7. The van der Waals surface area contributed by atoms with Crippen LogP contribution in [0.1, 0.15) is 53.4 Å². The lowest BCUT2D eigenvalue weighted by Gasteiger charge is -2.26. The maximum atomic E-state index is 13.0. The third-order valence-electron chi connectivity index (χ3n) is 5.14. The molecule has 190 valence electrons. The minimum atomic E-state index is -3.70. The van der Waals surface area contributed by atoms with Crippen LogP contribution in [0.5, 0.6) is 5.75 Å². The lowest BCUT2D eigenvalue weighted by atomic mass is 9.96. The van der Waals surface area contributed by atoms with E-state index in [9.17, 15) is 22.8 Å². The molecule has 0 aromatic heterocycles. The Morgan fingerprint density at radius 2 is 1.76 bits per heavy atom. The van der Waals surface area contributed by atoms with Crippen LogP contribution < -0.4 is 15.4 Å². The van der Waals surface area contributed by atoms with Crippen LogP contribution in [0, 0.1) is 5.41 Å². The number of carbonyl (C=O) groups excluding carboxylic acids is 3. The van der Waals surface area contributed by atoms with Gasteiger partial charge in [0.1, 0.15) is 5.75 Å². The fourth-order valence-electron chi connectivity index (χ4n) is 3.25. The van der Waals surface area contributed by atoms with Gasteiger partial charge in [0, 0.05) is 25.0 Å². The summed E-state index contributed by atoms with van der Waals surface area (Å²) in [5.74, 6) is -1.16. The van der Waals surface area contributed by atoms with Gasteiger partial charge in [-0.1, -0.05) is 27.2 Å². The molecule has 10 nitrogen and oxygen atoms in total. The molecule has 0 atom stereocenters. The van der Waals surface area contributed by atoms with Crippen molar-refractivity contribution >= 4 is 33.5 Å². The first-order valence-electron chi connectivity index (χ1n) is 11.5. The zero-order chi connectivity index (χ0) is 25.4. The monoisotopic (exact) mass is 497 g/mol. The van der Waals surface area contributed by atoms with Gasteiger partial charge in [0.15, 0.2) is 6.61 Å². The van der Waals surface area contributed by atoms with E-state index in [1.54, 1.807) is 27.7 Å². The van der Waals surface area contributed by atoms with Gasteiger partial charge >= 0.3 is 5.97 Å². The minimum absolute atomic E-state index is 0.0553. The van der Waals surface area contributed by atoms with E-state index in [2.05, 4.69) is 10.6 Å². The maximum absolute atomic E-state index is 13.0. The molecule has 0 unspecified atom stereocenters. The van der Waals surface area contributed by atoms with Gasteiger partial charge in [0.05, 0.1) is 23.6 Å². The van der Waals surface area contributed by atoms with Crippen LogP contribution in [0.15, 0.2) is 23.1 Å². The molecule has 0 radical (unpaired) electrons. The molecule has 1 aliphatic heterocycles. The van der Waals surface area contributed by atoms with Gasteiger partial charge in [0.25, 0.3) is 5.91 Å². The van der Waals surface area contributed by atoms with Crippen molar-refractivity contribution < 1.29 is 32.3 Å². The van der Waals surface area contributed by atoms with Crippen molar-refractivity contribution in [3.63, 3.8) is 0 Å². The SMILES string of the molecule is CCOc1ccc(S(=O)(=O)N2CCCCC2)cc1NC(=O)COC(=O)CCNC(=O)C(C)(C)C. The van der Waals surface area contributed by atoms with E-state index < -0.39 is 33.9 Å². The number of nitrogens with one attached hydrogen (secondary N) is 2. The average molecular weight is 498 g/mol. The fourth-order valence-corrected chi connectivity index (χ4v) is 4.79. The van der Waals surface area contributed by atoms with E-state index >= 15 is 0 Å². The third kappa shape index (κ3) is 7.98. The second kappa shape index (κ2) is 12.2. The van der Waals surface area contributed by atoms with Crippen LogP contribution in [0.25, 0.3) is 0 Å². The zero-order valence-electron chi connectivity index (χ0n) is 20.3. The number of nitrogens with zero attached hydrogens (tertiary/aromatic N) is 1. The first-order chi connectivity index (χ1) is 15.9. The number of anilines is 1. The van der Waals surface area contributed by atoms with E-state index in [1.807, 2.05) is 0 Å². The molecular formula is C23H35N3O7S. The second-order valence-corrected chi connectivity index (χ2v) is 11.0. The van der Waals surface area contributed by atoms with Crippen LogP contribution in [0.4, 0.5) is 5.69 Å². The molecule has 0 bridgehead atoms. The number of esters is 1. The summed E-state index contributed by atoms with van der Waals surface area (Å²) in [4.78, 5) is 36.1. The Bertz CT molecular complexity index is 981. The molecule has 0 saturated carbocycles. The average Bonchev–Trinajstić information content (AvgIpc) is 2.78. The maximum Gasteiger partial charge on any atom is 0.308 e. The van der Waals surface area contributed by atoms with Gasteiger partial charge < -0.3 is 20.1 Å². The Hall–Kier alpha value is -2.66. The predicted octanol–water partition coefficient (Wildman–Crippen LogP) is 2.29. The number of ether oxygens (including phenoxy) is 2. The smallest absolute Gasteiger partial charge is 0.308 e. The quantitative estimate of drug-likeness (QED) is 0.474. The number of carbonyl (C=O) groups is 3. The number of benzene rings is 1. The summed E-state index contributed by atoms with van der Waals surface area (Å²) in [6, 6.07) is 4.31. The standard InChI is InChI=1S/C23H35N3O7S/c1-5-32-19-10-9-17(34(30,31)26-13-7-6-8-14-26)15-18(19)25-20(27)16-33-21(28)11-12-24-22(29)23(2,3)4/h9-10,15H,5-8,11-14,16H2,1-4H3,(H,24,29)(H,25,27). The van der Waals surface area contributed by atoms with Crippen LogP contribution in [0.3, 0.4) is 0 Å². The van der Waals surface area contributed by atoms with E-state index in [0.717, 1.165) is 19.3 Å².